The molecule has 0 aromatic carbocycles. The average Bonchev–Trinajstić information content (AvgIpc) is 2.39. The molecule has 0 aliphatic carbocycles. The van der Waals surface area contributed by atoms with Crippen molar-refractivity contribution < 1.29 is 19.5 Å². The molecule has 0 unspecified atom stereocenters. The lowest BCUT2D eigenvalue weighted by Gasteiger charge is -2.51. The zero-order valence-electron chi connectivity index (χ0n) is 14.6. The summed E-state index contributed by atoms with van der Waals surface area (Å²) in [4.78, 5) is 23.2. The summed E-state index contributed by atoms with van der Waals surface area (Å²) < 4.78 is 4.92. The number of ether oxygens (including phenoxy) is 1. The van der Waals surface area contributed by atoms with Crippen LogP contribution in [0.1, 0.15) is 47.5 Å². The van der Waals surface area contributed by atoms with E-state index < -0.39 is 5.97 Å². The minimum atomic E-state index is -0.453. The standard InChI is InChI=1S/C16H28N2O4S/c1-11(2)13(19)22-8-7-17-14(20)23-12-9-15(3,4)18(21)16(5,6)10-12/h12,21H,1,7-10H2,2-6H3,(H,17,20). The maximum absolute atomic E-state index is 12.0. The smallest absolute Gasteiger partial charge is 0.333 e. The molecule has 132 valence electrons. The Bertz CT molecular complexity index is 459. The van der Waals surface area contributed by atoms with Crippen LogP contribution < -0.4 is 5.32 Å². The molecule has 1 aliphatic rings. The maximum Gasteiger partial charge on any atom is 0.333 e. The number of rotatable bonds is 5. The molecule has 0 bridgehead atoms. The maximum atomic E-state index is 12.0. The third kappa shape index (κ3) is 5.82. The lowest BCUT2D eigenvalue weighted by atomic mass is 9.82. The zero-order valence-corrected chi connectivity index (χ0v) is 15.5. The van der Waals surface area contributed by atoms with Crippen molar-refractivity contribution >= 4 is 23.0 Å². The van der Waals surface area contributed by atoms with Gasteiger partial charge in [0.25, 0.3) is 5.24 Å². The first-order valence-electron chi connectivity index (χ1n) is 7.72. The summed E-state index contributed by atoms with van der Waals surface area (Å²) in [6.45, 7) is 13.3. The summed E-state index contributed by atoms with van der Waals surface area (Å²) in [6, 6.07) is 0. The number of carbonyl (C=O) groups is 2. The second-order valence-corrected chi connectivity index (χ2v) is 8.49. The van der Waals surface area contributed by atoms with Crippen molar-refractivity contribution in [1.82, 2.24) is 10.4 Å². The van der Waals surface area contributed by atoms with Crippen LogP contribution in [0.3, 0.4) is 0 Å². The Labute approximate surface area is 142 Å². The third-order valence-electron chi connectivity index (χ3n) is 3.83. The second-order valence-electron chi connectivity index (χ2n) is 7.22. The molecule has 0 aromatic rings. The Hall–Kier alpha value is -1.05. The largest absolute Gasteiger partial charge is 0.460 e. The highest BCUT2D eigenvalue weighted by Crippen LogP contribution is 2.41. The molecule has 7 heteroatoms. The monoisotopic (exact) mass is 344 g/mol. The summed E-state index contributed by atoms with van der Waals surface area (Å²) in [5.74, 6) is -0.453. The summed E-state index contributed by atoms with van der Waals surface area (Å²) in [6.07, 6.45) is 1.44. The quantitative estimate of drug-likeness (QED) is 0.453. The number of hydrogen-bond donors (Lipinski definition) is 2. The first kappa shape index (κ1) is 20.0. The van der Waals surface area contributed by atoms with E-state index in [0.29, 0.717) is 5.57 Å². The van der Waals surface area contributed by atoms with Gasteiger partial charge >= 0.3 is 5.97 Å². The SMILES string of the molecule is C=C(C)C(=O)OCCNC(=O)SC1CC(C)(C)N(O)C(C)(C)C1. The van der Waals surface area contributed by atoms with Gasteiger partial charge in [-0.15, -0.1) is 0 Å². The van der Waals surface area contributed by atoms with E-state index in [4.69, 9.17) is 4.74 Å². The highest BCUT2D eigenvalue weighted by molar-refractivity contribution is 8.14. The number of thioether (sulfide) groups is 1. The molecule has 0 saturated carbocycles. The number of carbonyl (C=O) groups excluding carboxylic acids is 2. The Balaban J connectivity index is 2.40. The summed E-state index contributed by atoms with van der Waals surface area (Å²) in [5.41, 5.74) is -0.418. The molecule has 0 aromatic heterocycles. The highest BCUT2D eigenvalue weighted by atomic mass is 32.2. The van der Waals surface area contributed by atoms with Crippen molar-refractivity contribution in [2.75, 3.05) is 13.2 Å². The molecule has 1 aliphatic heterocycles. The van der Waals surface area contributed by atoms with Crippen LogP contribution in [-0.4, -0.2) is 51.0 Å². The van der Waals surface area contributed by atoms with E-state index >= 15 is 0 Å². The fourth-order valence-electron chi connectivity index (χ4n) is 2.88. The van der Waals surface area contributed by atoms with Gasteiger partial charge in [0.1, 0.15) is 6.61 Å². The van der Waals surface area contributed by atoms with Gasteiger partial charge in [0.05, 0.1) is 6.54 Å². The van der Waals surface area contributed by atoms with Gasteiger partial charge in [-0.3, -0.25) is 4.79 Å². The van der Waals surface area contributed by atoms with Crippen LogP contribution in [0.2, 0.25) is 0 Å². The van der Waals surface area contributed by atoms with Crippen molar-refractivity contribution in [1.29, 1.82) is 0 Å². The minimum Gasteiger partial charge on any atom is -0.460 e. The fraction of sp³-hybridized carbons (Fsp3) is 0.750. The summed E-state index contributed by atoms with van der Waals surface area (Å²) >= 11 is 1.25. The molecule has 6 nitrogen and oxygen atoms in total. The van der Waals surface area contributed by atoms with Gasteiger partial charge < -0.3 is 15.3 Å². The number of piperidine rings is 1. The molecule has 0 spiro atoms. The van der Waals surface area contributed by atoms with Gasteiger partial charge in [-0.1, -0.05) is 18.3 Å². The predicted molar refractivity (Wildman–Crippen MR) is 91.6 cm³/mol. The number of hydroxylamine groups is 2. The van der Waals surface area contributed by atoms with E-state index in [0.717, 1.165) is 12.8 Å². The van der Waals surface area contributed by atoms with Crippen molar-refractivity contribution in [3.8, 4) is 0 Å². The Morgan fingerprint density at radius 1 is 1.30 bits per heavy atom. The first-order chi connectivity index (χ1) is 10.5. The van der Waals surface area contributed by atoms with Crippen LogP contribution in [0.25, 0.3) is 0 Å². The number of amides is 1. The van der Waals surface area contributed by atoms with Crippen LogP contribution >= 0.6 is 11.8 Å². The molecular formula is C16H28N2O4S. The van der Waals surface area contributed by atoms with E-state index in [2.05, 4.69) is 11.9 Å². The lowest BCUT2D eigenvalue weighted by Crippen LogP contribution is -2.59. The van der Waals surface area contributed by atoms with Crippen LogP contribution in [0.5, 0.6) is 0 Å². The van der Waals surface area contributed by atoms with E-state index in [9.17, 15) is 14.8 Å². The second kappa shape index (κ2) is 7.68. The Kier molecular flexibility index (Phi) is 6.68. The van der Waals surface area contributed by atoms with Crippen molar-refractivity contribution in [2.24, 2.45) is 0 Å². The molecule has 0 atom stereocenters. The van der Waals surface area contributed by atoms with Crippen LogP contribution in [0.4, 0.5) is 4.79 Å². The number of esters is 1. The van der Waals surface area contributed by atoms with Crippen LogP contribution in [0, 0.1) is 0 Å². The van der Waals surface area contributed by atoms with Crippen LogP contribution in [-0.2, 0) is 9.53 Å². The van der Waals surface area contributed by atoms with Crippen molar-refractivity contribution in [3.63, 3.8) is 0 Å². The Morgan fingerprint density at radius 2 is 1.83 bits per heavy atom. The summed E-state index contributed by atoms with van der Waals surface area (Å²) in [5, 5.41) is 14.4. The van der Waals surface area contributed by atoms with Crippen molar-refractivity contribution in [2.45, 2.75) is 63.8 Å². The van der Waals surface area contributed by atoms with Gasteiger partial charge in [-0.2, -0.15) is 5.06 Å². The van der Waals surface area contributed by atoms with Crippen molar-refractivity contribution in [3.05, 3.63) is 12.2 Å². The predicted octanol–water partition coefficient (Wildman–Crippen LogP) is 2.96. The van der Waals surface area contributed by atoms with Gasteiger partial charge in [-0.05, 0) is 47.5 Å². The normalized spacial score (nSPS) is 20.8. The first-order valence-corrected chi connectivity index (χ1v) is 8.60. The number of nitrogens with zero attached hydrogens (tertiary/aromatic N) is 1. The number of nitrogens with one attached hydrogen (secondary N) is 1. The lowest BCUT2D eigenvalue weighted by molar-refractivity contribution is -0.240. The van der Waals surface area contributed by atoms with E-state index in [1.807, 2.05) is 27.7 Å². The topological polar surface area (TPSA) is 78.9 Å². The molecular weight excluding hydrogens is 316 g/mol. The molecule has 1 fully saturated rings. The molecule has 1 rings (SSSR count). The zero-order chi connectivity index (χ0) is 17.8. The van der Waals surface area contributed by atoms with E-state index in [1.54, 1.807) is 6.92 Å². The molecule has 23 heavy (non-hydrogen) atoms. The van der Waals surface area contributed by atoms with E-state index in [-0.39, 0.29) is 34.7 Å². The molecule has 1 amide bonds. The van der Waals surface area contributed by atoms with E-state index in [1.165, 1.54) is 16.8 Å². The fourth-order valence-corrected chi connectivity index (χ4v) is 4.35. The van der Waals surface area contributed by atoms with Gasteiger partial charge in [-0.25, -0.2) is 4.79 Å². The minimum absolute atomic E-state index is 0.126. The molecule has 1 saturated heterocycles. The molecule has 2 N–H and O–H groups in total. The Morgan fingerprint density at radius 3 is 2.30 bits per heavy atom. The number of hydrogen-bond acceptors (Lipinski definition) is 6. The highest BCUT2D eigenvalue weighted by Gasteiger charge is 2.45. The average molecular weight is 344 g/mol. The molecule has 1 heterocycles. The summed E-state index contributed by atoms with van der Waals surface area (Å²) in [7, 11) is 0. The molecule has 0 radical (unpaired) electrons. The van der Waals surface area contributed by atoms with Gasteiger partial charge in [0, 0.05) is 21.9 Å². The van der Waals surface area contributed by atoms with Gasteiger partial charge in [0.15, 0.2) is 0 Å². The third-order valence-corrected chi connectivity index (χ3v) is 4.85. The van der Waals surface area contributed by atoms with Crippen LogP contribution in [0.15, 0.2) is 12.2 Å². The van der Waals surface area contributed by atoms with Gasteiger partial charge in [0.2, 0.25) is 0 Å².